The third kappa shape index (κ3) is 3.29. The predicted molar refractivity (Wildman–Crippen MR) is 111 cm³/mol. The van der Waals surface area contributed by atoms with Gasteiger partial charge in [-0.05, 0) is 24.6 Å². The van der Waals surface area contributed by atoms with Gasteiger partial charge in [0, 0.05) is 18.0 Å². The minimum Gasteiger partial charge on any atom is -0.482 e. The van der Waals surface area contributed by atoms with E-state index in [4.69, 9.17) is 21.1 Å². The normalized spacial score (nSPS) is 11.0. The van der Waals surface area contributed by atoms with Crippen molar-refractivity contribution in [1.82, 2.24) is 14.5 Å². The van der Waals surface area contributed by atoms with Crippen LogP contribution in [0, 0.1) is 6.92 Å². The number of aromatic nitrogens is 3. The lowest BCUT2D eigenvalue weighted by atomic mass is 10.1. The second-order valence-electron chi connectivity index (χ2n) is 6.52. The molecule has 2 aromatic carbocycles. The minimum absolute atomic E-state index is 0.373. The molecular formula is C22H20ClN3O2. The molecule has 0 amide bonds. The SMILES string of the molecule is COc1nc2ccc(-c3cnc(C)n3C)cc2c(Cl)c1OCc1ccccc1. The summed E-state index contributed by atoms with van der Waals surface area (Å²) in [5.41, 5.74) is 3.81. The molecule has 142 valence electrons. The number of aryl methyl sites for hydroxylation is 1. The first-order chi connectivity index (χ1) is 13.6. The van der Waals surface area contributed by atoms with E-state index >= 15 is 0 Å². The number of methoxy groups -OCH3 is 1. The second kappa shape index (κ2) is 7.52. The molecule has 2 aromatic heterocycles. The van der Waals surface area contributed by atoms with Crippen molar-refractivity contribution in [2.45, 2.75) is 13.5 Å². The molecule has 0 N–H and O–H groups in total. The number of fused-ring (bicyclic) bond motifs is 1. The van der Waals surface area contributed by atoms with E-state index in [-0.39, 0.29) is 0 Å². The third-order valence-electron chi connectivity index (χ3n) is 4.78. The highest BCUT2D eigenvalue weighted by Gasteiger charge is 2.17. The van der Waals surface area contributed by atoms with E-state index < -0.39 is 0 Å². The predicted octanol–water partition coefficient (Wildman–Crippen LogP) is 5.18. The number of nitrogens with zero attached hydrogens (tertiary/aromatic N) is 3. The van der Waals surface area contributed by atoms with Crippen molar-refractivity contribution in [2.24, 2.45) is 7.05 Å². The maximum Gasteiger partial charge on any atom is 0.258 e. The molecule has 0 atom stereocenters. The van der Waals surface area contributed by atoms with Crippen molar-refractivity contribution in [3.05, 3.63) is 71.1 Å². The molecule has 5 nitrogen and oxygen atoms in total. The third-order valence-corrected chi connectivity index (χ3v) is 5.16. The second-order valence-corrected chi connectivity index (χ2v) is 6.90. The monoisotopic (exact) mass is 393 g/mol. The molecule has 0 aliphatic heterocycles. The fraction of sp³-hybridized carbons (Fsp3) is 0.182. The summed E-state index contributed by atoms with van der Waals surface area (Å²) in [5, 5.41) is 1.29. The molecule has 4 rings (SSSR count). The number of halogens is 1. The standard InChI is InChI=1S/C22H20ClN3O2/c1-14-24-12-19(26(14)2)16-9-10-18-17(11-16)20(23)21(22(25-18)27-3)28-13-15-7-5-4-6-8-15/h4-12H,13H2,1-3H3. The van der Waals surface area contributed by atoms with Crippen LogP contribution in [0.2, 0.25) is 5.02 Å². The Morgan fingerprint density at radius 1 is 1.11 bits per heavy atom. The molecule has 4 aromatic rings. The van der Waals surface area contributed by atoms with Gasteiger partial charge in [-0.25, -0.2) is 9.97 Å². The van der Waals surface area contributed by atoms with Gasteiger partial charge in [0.1, 0.15) is 12.4 Å². The molecule has 2 heterocycles. The van der Waals surface area contributed by atoms with Gasteiger partial charge in [-0.2, -0.15) is 0 Å². The van der Waals surface area contributed by atoms with Gasteiger partial charge < -0.3 is 14.0 Å². The van der Waals surface area contributed by atoms with E-state index in [0.717, 1.165) is 33.5 Å². The van der Waals surface area contributed by atoms with Gasteiger partial charge >= 0.3 is 0 Å². The first-order valence-corrected chi connectivity index (χ1v) is 9.29. The summed E-state index contributed by atoms with van der Waals surface area (Å²) >= 11 is 6.73. The highest BCUT2D eigenvalue weighted by molar-refractivity contribution is 6.37. The lowest BCUT2D eigenvalue weighted by Gasteiger charge is -2.14. The maximum absolute atomic E-state index is 6.73. The Hall–Kier alpha value is -3.05. The summed E-state index contributed by atoms with van der Waals surface area (Å²) in [6.45, 7) is 2.35. The summed E-state index contributed by atoms with van der Waals surface area (Å²) in [6.07, 6.45) is 1.86. The Morgan fingerprint density at radius 3 is 2.57 bits per heavy atom. The van der Waals surface area contributed by atoms with Crippen molar-refractivity contribution in [3.63, 3.8) is 0 Å². The first-order valence-electron chi connectivity index (χ1n) is 8.91. The number of hydrogen-bond acceptors (Lipinski definition) is 4. The molecule has 28 heavy (non-hydrogen) atoms. The summed E-state index contributed by atoms with van der Waals surface area (Å²) in [5.74, 6) is 1.76. The Kier molecular flexibility index (Phi) is 4.92. The molecular weight excluding hydrogens is 374 g/mol. The smallest absolute Gasteiger partial charge is 0.258 e. The lowest BCUT2D eigenvalue weighted by Crippen LogP contribution is -2.01. The Labute approximate surface area is 168 Å². The number of hydrogen-bond donors (Lipinski definition) is 0. The largest absolute Gasteiger partial charge is 0.482 e. The van der Waals surface area contributed by atoms with Crippen molar-refractivity contribution in [1.29, 1.82) is 0 Å². The molecule has 0 radical (unpaired) electrons. The zero-order valence-electron chi connectivity index (χ0n) is 15.9. The van der Waals surface area contributed by atoms with Crippen molar-refractivity contribution < 1.29 is 9.47 Å². The number of imidazole rings is 1. The van der Waals surface area contributed by atoms with Gasteiger partial charge in [-0.3, -0.25) is 0 Å². The van der Waals surface area contributed by atoms with Crippen LogP contribution in [0.25, 0.3) is 22.2 Å². The minimum atomic E-state index is 0.373. The zero-order valence-corrected chi connectivity index (χ0v) is 16.7. The van der Waals surface area contributed by atoms with Gasteiger partial charge in [-0.15, -0.1) is 0 Å². The average molecular weight is 394 g/mol. The Balaban J connectivity index is 1.78. The molecule has 0 saturated heterocycles. The van der Waals surface area contributed by atoms with Gasteiger partial charge in [0.15, 0.2) is 0 Å². The van der Waals surface area contributed by atoms with Crippen LogP contribution in [0.3, 0.4) is 0 Å². The maximum atomic E-state index is 6.73. The Morgan fingerprint density at radius 2 is 1.89 bits per heavy atom. The van der Waals surface area contributed by atoms with Gasteiger partial charge in [-0.1, -0.05) is 48.0 Å². The van der Waals surface area contributed by atoms with Crippen LogP contribution in [0.4, 0.5) is 0 Å². The van der Waals surface area contributed by atoms with Gasteiger partial charge in [0.25, 0.3) is 5.88 Å². The topological polar surface area (TPSA) is 49.2 Å². The summed E-state index contributed by atoms with van der Waals surface area (Å²) in [6, 6.07) is 15.9. The summed E-state index contributed by atoms with van der Waals surface area (Å²) in [7, 11) is 3.55. The highest BCUT2D eigenvalue weighted by Crippen LogP contribution is 2.40. The lowest BCUT2D eigenvalue weighted by molar-refractivity contribution is 0.280. The van der Waals surface area contributed by atoms with E-state index in [2.05, 4.69) is 9.97 Å². The van der Waals surface area contributed by atoms with Crippen molar-refractivity contribution in [3.8, 4) is 22.9 Å². The van der Waals surface area contributed by atoms with Crippen LogP contribution in [0.5, 0.6) is 11.6 Å². The van der Waals surface area contributed by atoms with Crippen LogP contribution in [-0.4, -0.2) is 21.6 Å². The number of ether oxygens (including phenoxy) is 2. The van der Waals surface area contributed by atoms with Crippen LogP contribution in [0.15, 0.2) is 54.7 Å². The molecule has 0 aliphatic carbocycles. The van der Waals surface area contributed by atoms with E-state index in [0.29, 0.717) is 23.3 Å². The van der Waals surface area contributed by atoms with E-state index in [9.17, 15) is 0 Å². The van der Waals surface area contributed by atoms with Crippen molar-refractivity contribution >= 4 is 22.5 Å². The molecule has 0 unspecified atom stereocenters. The molecule has 0 fully saturated rings. The molecule has 0 bridgehead atoms. The molecule has 0 spiro atoms. The summed E-state index contributed by atoms with van der Waals surface area (Å²) in [4.78, 5) is 8.95. The van der Waals surface area contributed by atoms with Gasteiger partial charge in [0.05, 0.1) is 29.5 Å². The van der Waals surface area contributed by atoms with Crippen molar-refractivity contribution in [2.75, 3.05) is 7.11 Å². The number of benzene rings is 2. The quantitative estimate of drug-likeness (QED) is 0.468. The van der Waals surface area contributed by atoms with Gasteiger partial charge in [0.2, 0.25) is 5.75 Å². The zero-order chi connectivity index (χ0) is 19.7. The average Bonchev–Trinajstić information content (AvgIpc) is 3.06. The molecule has 0 aliphatic rings. The van der Waals surface area contributed by atoms with E-state index in [1.165, 1.54) is 0 Å². The highest BCUT2D eigenvalue weighted by atomic mass is 35.5. The van der Waals surface area contributed by atoms with Crippen LogP contribution in [-0.2, 0) is 13.7 Å². The number of pyridine rings is 1. The van der Waals surface area contributed by atoms with E-state index in [1.54, 1.807) is 7.11 Å². The number of rotatable bonds is 5. The molecule has 6 heteroatoms. The van der Waals surface area contributed by atoms with Crippen LogP contribution < -0.4 is 9.47 Å². The molecule has 0 saturated carbocycles. The van der Waals surface area contributed by atoms with Crippen LogP contribution in [0.1, 0.15) is 11.4 Å². The first kappa shape index (κ1) is 18.3. The fourth-order valence-corrected chi connectivity index (χ4v) is 3.40. The van der Waals surface area contributed by atoms with E-state index in [1.807, 2.05) is 73.3 Å². The summed E-state index contributed by atoms with van der Waals surface area (Å²) < 4.78 is 13.5. The van der Waals surface area contributed by atoms with Crippen LogP contribution >= 0.6 is 11.6 Å². The fourth-order valence-electron chi connectivity index (χ4n) is 3.11. The Bertz CT molecular complexity index is 1140.